The fourth-order valence-corrected chi connectivity index (χ4v) is 3.15. The first kappa shape index (κ1) is 18.4. The molecule has 1 fully saturated rings. The van der Waals surface area contributed by atoms with Crippen LogP contribution in [0.1, 0.15) is 51.7 Å². The number of ether oxygens (including phenoxy) is 1. The van der Waals surface area contributed by atoms with Crippen LogP contribution < -0.4 is 4.74 Å². The average Bonchev–Trinajstić information content (AvgIpc) is 3.04. The third-order valence-corrected chi connectivity index (χ3v) is 4.49. The van der Waals surface area contributed by atoms with Crippen molar-refractivity contribution in [2.75, 3.05) is 13.1 Å². The summed E-state index contributed by atoms with van der Waals surface area (Å²) in [6.07, 6.45) is 3.48. The summed E-state index contributed by atoms with van der Waals surface area (Å²) in [5.74, 6) is 2.64. The lowest BCUT2D eigenvalue weighted by atomic mass is 10.1. The number of hydrogen-bond donors (Lipinski definition) is 0. The van der Waals surface area contributed by atoms with Gasteiger partial charge < -0.3 is 9.64 Å². The Morgan fingerprint density at radius 3 is 2.62 bits per heavy atom. The molecule has 1 aromatic heterocycles. The lowest BCUT2D eigenvalue weighted by molar-refractivity contribution is -0.133. The predicted octanol–water partition coefficient (Wildman–Crippen LogP) is 3.17. The zero-order valence-electron chi connectivity index (χ0n) is 15.9. The van der Waals surface area contributed by atoms with Crippen molar-refractivity contribution in [2.24, 2.45) is 0 Å². The molecule has 1 aliphatic heterocycles. The van der Waals surface area contributed by atoms with Crippen LogP contribution in [0, 0.1) is 0 Å². The van der Waals surface area contributed by atoms with Gasteiger partial charge in [0.15, 0.2) is 5.82 Å². The number of rotatable bonds is 6. The molecule has 6 nitrogen and oxygen atoms in total. The molecular formula is C20H28N4O2. The van der Waals surface area contributed by atoms with Gasteiger partial charge in [0, 0.05) is 25.9 Å². The number of hydrogen-bond acceptors (Lipinski definition) is 4. The minimum absolute atomic E-state index is 0.167. The van der Waals surface area contributed by atoms with Gasteiger partial charge in [-0.3, -0.25) is 4.79 Å². The Morgan fingerprint density at radius 2 is 1.92 bits per heavy atom. The Bertz CT molecular complexity index is 734. The van der Waals surface area contributed by atoms with Crippen LogP contribution in [0.25, 0.3) is 0 Å². The van der Waals surface area contributed by atoms with E-state index in [0.717, 1.165) is 31.0 Å². The molecule has 1 saturated heterocycles. The van der Waals surface area contributed by atoms with Crippen LogP contribution in [0.2, 0.25) is 0 Å². The summed E-state index contributed by atoms with van der Waals surface area (Å²) < 4.78 is 7.75. The highest BCUT2D eigenvalue weighted by Crippen LogP contribution is 2.18. The number of amides is 1. The maximum atomic E-state index is 12.0. The summed E-state index contributed by atoms with van der Waals surface area (Å²) in [4.78, 5) is 18.7. The van der Waals surface area contributed by atoms with Gasteiger partial charge in [-0.25, -0.2) is 9.67 Å². The second-order valence-electron chi connectivity index (χ2n) is 7.72. The number of likely N-dealkylation sites (tertiary alicyclic amines) is 1. The van der Waals surface area contributed by atoms with Gasteiger partial charge in [0.1, 0.15) is 18.2 Å². The van der Waals surface area contributed by atoms with Gasteiger partial charge in [0.2, 0.25) is 5.91 Å². The maximum Gasteiger partial charge on any atom is 0.222 e. The minimum Gasteiger partial charge on any atom is -0.486 e. The molecule has 0 spiro atoms. The van der Waals surface area contributed by atoms with Crippen molar-refractivity contribution in [3.63, 3.8) is 0 Å². The van der Waals surface area contributed by atoms with E-state index in [9.17, 15) is 4.79 Å². The lowest BCUT2D eigenvalue weighted by Crippen LogP contribution is -2.37. The molecule has 0 bridgehead atoms. The van der Waals surface area contributed by atoms with Gasteiger partial charge in [-0.05, 0) is 45.7 Å². The molecular weight excluding hydrogens is 328 g/mol. The van der Waals surface area contributed by atoms with Crippen molar-refractivity contribution in [2.45, 2.75) is 58.6 Å². The fourth-order valence-electron chi connectivity index (χ4n) is 3.15. The monoisotopic (exact) mass is 356 g/mol. The first-order chi connectivity index (χ1) is 12.4. The molecule has 0 N–H and O–H groups in total. The molecule has 0 atom stereocenters. The normalized spacial score (nSPS) is 15.3. The molecule has 3 rings (SSSR count). The number of para-hydroxylation sites is 1. The van der Waals surface area contributed by atoms with E-state index in [0.29, 0.717) is 31.8 Å². The van der Waals surface area contributed by atoms with Gasteiger partial charge in [-0.15, -0.1) is 0 Å². The molecule has 2 heterocycles. The number of carbonyl (C=O) groups excluding carboxylic acids is 1. The van der Waals surface area contributed by atoms with Gasteiger partial charge in [-0.1, -0.05) is 18.2 Å². The standard InChI is InChI=1S/C20H28N4O2/c1-20(2,3)24-18(12-14-23-13-8-7-11-19(23)25)21-17(22-24)15-26-16-9-5-4-6-10-16/h4-6,9-10H,7-8,11-15H2,1-3H3. The molecule has 0 aliphatic carbocycles. The van der Waals surface area contributed by atoms with Gasteiger partial charge >= 0.3 is 0 Å². The van der Waals surface area contributed by atoms with E-state index in [4.69, 9.17) is 9.72 Å². The van der Waals surface area contributed by atoms with Crippen molar-refractivity contribution in [3.05, 3.63) is 42.0 Å². The molecule has 2 aromatic rings. The molecule has 26 heavy (non-hydrogen) atoms. The molecule has 1 amide bonds. The van der Waals surface area contributed by atoms with Crippen molar-refractivity contribution >= 4 is 5.91 Å². The van der Waals surface area contributed by atoms with Crippen LogP contribution in [-0.2, 0) is 23.4 Å². The first-order valence-electron chi connectivity index (χ1n) is 9.34. The Kier molecular flexibility index (Phi) is 5.59. The second kappa shape index (κ2) is 7.89. The van der Waals surface area contributed by atoms with Crippen LogP contribution in [0.3, 0.4) is 0 Å². The highest BCUT2D eigenvalue weighted by atomic mass is 16.5. The highest BCUT2D eigenvalue weighted by Gasteiger charge is 2.23. The third-order valence-electron chi connectivity index (χ3n) is 4.49. The number of nitrogens with zero attached hydrogens (tertiary/aromatic N) is 4. The summed E-state index contributed by atoms with van der Waals surface area (Å²) >= 11 is 0. The topological polar surface area (TPSA) is 60.2 Å². The zero-order valence-corrected chi connectivity index (χ0v) is 15.9. The molecule has 1 aliphatic rings. The molecule has 0 saturated carbocycles. The van der Waals surface area contributed by atoms with Gasteiger partial charge in [0.05, 0.1) is 5.54 Å². The number of piperidine rings is 1. The summed E-state index contributed by atoms with van der Waals surface area (Å²) in [7, 11) is 0. The average molecular weight is 356 g/mol. The smallest absolute Gasteiger partial charge is 0.222 e. The number of carbonyl (C=O) groups is 1. The Hall–Kier alpha value is -2.37. The van der Waals surface area contributed by atoms with Crippen molar-refractivity contribution in [3.8, 4) is 5.75 Å². The first-order valence-corrected chi connectivity index (χ1v) is 9.34. The van der Waals surface area contributed by atoms with Crippen LogP contribution in [0.4, 0.5) is 0 Å². The summed E-state index contributed by atoms with van der Waals surface area (Å²) in [5, 5.41) is 4.66. The largest absolute Gasteiger partial charge is 0.486 e. The Balaban J connectivity index is 1.69. The van der Waals surface area contributed by atoms with Crippen molar-refractivity contribution < 1.29 is 9.53 Å². The third kappa shape index (κ3) is 4.62. The predicted molar refractivity (Wildman–Crippen MR) is 99.9 cm³/mol. The van der Waals surface area contributed by atoms with E-state index in [1.807, 2.05) is 39.9 Å². The summed E-state index contributed by atoms with van der Waals surface area (Å²) in [5.41, 5.74) is -0.167. The summed E-state index contributed by atoms with van der Waals surface area (Å²) in [6.45, 7) is 8.22. The molecule has 6 heteroatoms. The highest BCUT2D eigenvalue weighted by molar-refractivity contribution is 5.76. The second-order valence-corrected chi connectivity index (χ2v) is 7.72. The SMILES string of the molecule is CC(C)(C)n1nc(COc2ccccc2)nc1CCN1CCCCC1=O. The number of benzene rings is 1. The van der Waals surface area contributed by atoms with Crippen LogP contribution >= 0.6 is 0 Å². The van der Waals surface area contributed by atoms with E-state index in [-0.39, 0.29) is 11.4 Å². The summed E-state index contributed by atoms with van der Waals surface area (Å²) in [6, 6.07) is 9.68. The minimum atomic E-state index is -0.167. The van der Waals surface area contributed by atoms with Gasteiger partial charge in [-0.2, -0.15) is 5.10 Å². The van der Waals surface area contributed by atoms with Crippen molar-refractivity contribution in [1.82, 2.24) is 19.7 Å². The van der Waals surface area contributed by atoms with E-state index < -0.39 is 0 Å². The molecule has 140 valence electrons. The quantitative estimate of drug-likeness (QED) is 0.798. The zero-order chi connectivity index (χ0) is 18.6. The van der Waals surface area contributed by atoms with E-state index in [1.54, 1.807) is 0 Å². The molecule has 0 radical (unpaired) electrons. The van der Waals surface area contributed by atoms with E-state index in [2.05, 4.69) is 25.9 Å². The van der Waals surface area contributed by atoms with Crippen LogP contribution in [0.15, 0.2) is 30.3 Å². The van der Waals surface area contributed by atoms with Crippen molar-refractivity contribution in [1.29, 1.82) is 0 Å². The Labute approximate surface area is 155 Å². The maximum absolute atomic E-state index is 12.0. The van der Waals surface area contributed by atoms with E-state index in [1.165, 1.54) is 0 Å². The van der Waals surface area contributed by atoms with E-state index >= 15 is 0 Å². The molecule has 0 unspecified atom stereocenters. The Morgan fingerprint density at radius 1 is 1.15 bits per heavy atom. The fraction of sp³-hybridized carbons (Fsp3) is 0.550. The van der Waals surface area contributed by atoms with Crippen LogP contribution in [-0.4, -0.2) is 38.7 Å². The van der Waals surface area contributed by atoms with Gasteiger partial charge in [0.25, 0.3) is 0 Å². The number of aromatic nitrogens is 3. The molecule has 1 aromatic carbocycles. The van der Waals surface area contributed by atoms with Crippen LogP contribution in [0.5, 0.6) is 5.75 Å². The lowest BCUT2D eigenvalue weighted by Gasteiger charge is -2.27.